The second-order valence-corrected chi connectivity index (χ2v) is 21.2. The number of hydrogen-bond donors (Lipinski definition) is 3. The maximum Gasteiger partial charge on any atom is 0.188 e. The molecule has 0 fully saturated rings. The van der Waals surface area contributed by atoms with Crippen LogP contribution < -0.4 is 4.74 Å². The monoisotopic (exact) mass is 718 g/mol. The van der Waals surface area contributed by atoms with Crippen LogP contribution in [0.15, 0.2) is 42.5 Å². The summed E-state index contributed by atoms with van der Waals surface area (Å²) in [5.74, 6) is 1.44. The molecule has 254 valence electrons. The molecule has 3 N–H and O–H groups in total. The molecule has 48 heavy (non-hydrogen) atoms. The molecule has 8 heteroatoms. The molecule has 6 rings (SSSR count). The maximum atomic E-state index is 12.0. The standard InChI is InChI=1S/C40H46O4S4/c1-37(2,3)20-13-24-31(41)26(15-20)46-28-19-23(40(10,11)12)36-35(33(28)43)44-34-29(17-22(39(7,8)9)18-30(34)48-36)47-27-16-21(38(4,5)6)14-25(45-24)32(27)42/h13-19,41-43H,1-12H3. The van der Waals surface area contributed by atoms with Crippen molar-refractivity contribution in [2.24, 2.45) is 0 Å². The van der Waals surface area contributed by atoms with E-state index in [1.165, 1.54) is 34.0 Å². The molecule has 7 bridgehead atoms. The van der Waals surface area contributed by atoms with Crippen molar-refractivity contribution in [1.29, 1.82) is 0 Å². The number of ether oxygens (including phenoxy) is 1. The second-order valence-electron chi connectivity index (χ2n) is 16.9. The van der Waals surface area contributed by atoms with E-state index >= 15 is 0 Å². The number of rotatable bonds is 0. The van der Waals surface area contributed by atoms with Gasteiger partial charge in [-0.3, -0.25) is 0 Å². The molecule has 0 radical (unpaired) electrons. The van der Waals surface area contributed by atoms with Crippen LogP contribution in [0, 0.1) is 0 Å². The van der Waals surface area contributed by atoms with E-state index in [0.29, 0.717) is 35.0 Å². The SMILES string of the molecule is CC(C)(C)c1cc2sc3cc(C(C)(C)C)c4sc5cc(C(C)(C)C)cc(sc6cc(C(C)(C)C)cc(sc(c1)c2O)c6O)c5Oc4c3O. The highest BCUT2D eigenvalue weighted by atomic mass is 32.1. The van der Waals surface area contributed by atoms with E-state index in [4.69, 9.17) is 4.74 Å². The first-order chi connectivity index (χ1) is 22.0. The summed E-state index contributed by atoms with van der Waals surface area (Å²) in [6.45, 7) is 26.1. The molecule has 0 unspecified atom stereocenters. The highest BCUT2D eigenvalue weighted by Gasteiger charge is 2.28. The van der Waals surface area contributed by atoms with Gasteiger partial charge in [-0.1, -0.05) is 83.1 Å². The molecule has 4 aromatic rings. The molecule has 0 saturated carbocycles. The lowest BCUT2D eigenvalue weighted by Crippen LogP contribution is -2.12. The van der Waals surface area contributed by atoms with Crippen molar-refractivity contribution in [3.05, 3.63) is 64.7 Å². The smallest absolute Gasteiger partial charge is 0.188 e. The van der Waals surface area contributed by atoms with Crippen LogP contribution in [0.1, 0.15) is 105 Å². The molecule has 2 heterocycles. The van der Waals surface area contributed by atoms with Crippen molar-refractivity contribution < 1.29 is 20.1 Å². The lowest BCUT2D eigenvalue weighted by molar-refractivity contribution is 0.423. The number of hydrogen-bond acceptors (Lipinski definition) is 8. The Kier molecular flexibility index (Phi) is 8.35. The topological polar surface area (TPSA) is 69.9 Å². The van der Waals surface area contributed by atoms with E-state index in [2.05, 4.69) is 107 Å². The first-order valence-electron chi connectivity index (χ1n) is 16.3. The van der Waals surface area contributed by atoms with Crippen molar-refractivity contribution in [2.75, 3.05) is 0 Å². The van der Waals surface area contributed by atoms with Gasteiger partial charge in [0.15, 0.2) is 17.2 Å². The van der Waals surface area contributed by atoms with Crippen molar-refractivity contribution in [3.8, 4) is 28.7 Å². The molecule has 2 aliphatic rings. The molecular formula is C40H46O4S4. The minimum atomic E-state index is -0.256. The Balaban J connectivity index is 1.98. The van der Waals surface area contributed by atoms with Crippen molar-refractivity contribution in [1.82, 2.24) is 0 Å². The minimum Gasteiger partial charge on any atom is -0.505 e. The maximum absolute atomic E-state index is 12.0. The van der Waals surface area contributed by atoms with Crippen LogP contribution in [-0.4, -0.2) is 15.3 Å². The van der Waals surface area contributed by atoms with Crippen LogP contribution >= 0.6 is 45.3 Å². The van der Waals surface area contributed by atoms with Gasteiger partial charge in [-0.05, 0) is 86.4 Å². The van der Waals surface area contributed by atoms with Gasteiger partial charge in [0, 0.05) is 0 Å². The first kappa shape index (κ1) is 34.8. The van der Waals surface area contributed by atoms with E-state index in [0.717, 1.165) is 36.4 Å². The van der Waals surface area contributed by atoms with Gasteiger partial charge in [0.1, 0.15) is 11.5 Å². The first-order valence-corrected chi connectivity index (χ1v) is 19.5. The summed E-state index contributed by atoms with van der Waals surface area (Å²) >= 11 is 5.83. The highest BCUT2D eigenvalue weighted by Crippen LogP contribution is 2.54. The highest BCUT2D eigenvalue weighted by molar-refractivity contribution is 7.27. The van der Waals surface area contributed by atoms with E-state index in [-0.39, 0.29) is 38.9 Å². The summed E-state index contributed by atoms with van der Waals surface area (Å²) in [5, 5.41) is 35.8. The number of aromatic hydroxyl groups is 3. The van der Waals surface area contributed by atoms with E-state index in [1.54, 1.807) is 11.3 Å². The molecule has 2 aliphatic heterocycles. The van der Waals surface area contributed by atoms with Crippen LogP contribution in [0.2, 0.25) is 0 Å². The Morgan fingerprint density at radius 2 is 0.729 bits per heavy atom. The molecule has 0 saturated heterocycles. The summed E-state index contributed by atoms with van der Waals surface area (Å²) < 4.78 is 12.9. The van der Waals surface area contributed by atoms with Gasteiger partial charge >= 0.3 is 0 Å². The average molecular weight is 719 g/mol. The lowest BCUT2D eigenvalue weighted by Gasteiger charge is -2.26. The van der Waals surface area contributed by atoms with Gasteiger partial charge in [-0.2, -0.15) is 0 Å². The van der Waals surface area contributed by atoms with Gasteiger partial charge in [0.2, 0.25) is 0 Å². The summed E-state index contributed by atoms with van der Waals surface area (Å²) in [6, 6.07) is 14.6. The quantitative estimate of drug-likeness (QED) is 0.146. The van der Waals surface area contributed by atoms with E-state index < -0.39 is 0 Å². The third kappa shape index (κ3) is 6.37. The minimum absolute atomic E-state index is 0.0556. The molecular weight excluding hydrogens is 673 g/mol. The van der Waals surface area contributed by atoms with Gasteiger partial charge in [0.25, 0.3) is 0 Å². The fraction of sp³-hybridized carbons (Fsp3) is 0.400. The molecule has 0 spiro atoms. The molecule has 0 amide bonds. The summed E-state index contributed by atoms with van der Waals surface area (Å²) in [5.41, 5.74) is 3.54. The summed E-state index contributed by atoms with van der Waals surface area (Å²) in [6.07, 6.45) is 0. The Morgan fingerprint density at radius 3 is 1.10 bits per heavy atom. The fourth-order valence-corrected chi connectivity index (χ4v) is 10.2. The zero-order valence-corrected chi connectivity index (χ0v) is 33.2. The van der Waals surface area contributed by atoms with Crippen LogP contribution in [0.25, 0.3) is 37.6 Å². The Bertz CT molecular complexity index is 2280. The number of fused-ring (bicyclic) bond motifs is 5. The van der Waals surface area contributed by atoms with Gasteiger partial charge in [0.05, 0.1) is 37.6 Å². The number of phenolic OH excluding ortho intramolecular Hbond substituents is 3. The molecule has 0 atom stereocenters. The zero-order chi connectivity index (χ0) is 35.3. The predicted octanol–water partition coefficient (Wildman–Crippen LogP) is 13.8. The normalized spacial score (nSPS) is 13.4. The lowest BCUT2D eigenvalue weighted by atomic mass is 9.86. The van der Waals surface area contributed by atoms with Crippen molar-refractivity contribution >= 4 is 82.9 Å². The van der Waals surface area contributed by atoms with Gasteiger partial charge < -0.3 is 20.1 Å². The van der Waals surface area contributed by atoms with Crippen LogP contribution in [-0.2, 0) is 21.7 Å². The molecule has 0 aliphatic carbocycles. The van der Waals surface area contributed by atoms with E-state index in [9.17, 15) is 15.3 Å². The average Bonchev–Trinajstić information content (AvgIpc) is 2.94. The fourth-order valence-electron chi connectivity index (χ4n) is 5.61. The van der Waals surface area contributed by atoms with Gasteiger partial charge in [-0.15, -0.1) is 45.3 Å². The van der Waals surface area contributed by atoms with Crippen molar-refractivity contribution in [3.63, 3.8) is 0 Å². The third-order valence-electron chi connectivity index (χ3n) is 8.76. The predicted molar refractivity (Wildman–Crippen MR) is 212 cm³/mol. The van der Waals surface area contributed by atoms with Gasteiger partial charge in [-0.25, -0.2) is 0 Å². The van der Waals surface area contributed by atoms with Crippen LogP contribution in [0.3, 0.4) is 0 Å². The Morgan fingerprint density at radius 1 is 0.396 bits per heavy atom. The number of benzene rings is 4. The summed E-state index contributed by atoms with van der Waals surface area (Å²) in [4.78, 5) is 0. The Labute approximate surface area is 299 Å². The van der Waals surface area contributed by atoms with Crippen molar-refractivity contribution in [2.45, 2.75) is 105 Å². The second kappa shape index (κ2) is 11.5. The van der Waals surface area contributed by atoms with Crippen LogP contribution in [0.4, 0.5) is 0 Å². The summed E-state index contributed by atoms with van der Waals surface area (Å²) in [7, 11) is 0. The molecule has 0 aromatic heterocycles. The van der Waals surface area contributed by atoms with E-state index in [1.807, 2.05) is 18.2 Å². The Hall–Kier alpha value is -3.04. The largest absolute Gasteiger partial charge is 0.505 e. The zero-order valence-electron chi connectivity index (χ0n) is 29.9. The molecule has 4 aromatic carbocycles. The number of phenols is 3. The molecule has 4 nitrogen and oxygen atoms in total. The third-order valence-corrected chi connectivity index (χ3v) is 13.1. The van der Waals surface area contributed by atoms with Crippen LogP contribution in [0.5, 0.6) is 28.7 Å².